The third-order valence-corrected chi connectivity index (χ3v) is 2.53. The Morgan fingerprint density at radius 1 is 1.39 bits per heavy atom. The van der Waals surface area contributed by atoms with E-state index >= 15 is 0 Å². The first kappa shape index (κ1) is 14.2. The van der Waals surface area contributed by atoms with Gasteiger partial charge in [0.25, 0.3) is 0 Å². The summed E-state index contributed by atoms with van der Waals surface area (Å²) in [6.07, 6.45) is 0.270. The van der Waals surface area contributed by atoms with E-state index in [2.05, 4.69) is 15.2 Å². The summed E-state index contributed by atoms with van der Waals surface area (Å²) in [7, 11) is 1.31. The van der Waals surface area contributed by atoms with Crippen LogP contribution >= 0.6 is 0 Å². The van der Waals surface area contributed by atoms with Crippen LogP contribution in [0.4, 0.5) is 0 Å². The average molecular weight is 253 g/mol. The molecule has 0 spiro atoms. The van der Waals surface area contributed by atoms with Crippen LogP contribution in [0.25, 0.3) is 0 Å². The van der Waals surface area contributed by atoms with Crippen LogP contribution in [0.2, 0.25) is 0 Å². The van der Waals surface area contributed by atoms with Gasteiger partial charge in [-0.2, -0.15) is 5.10 Å². The van der Waals surface area contributed by atoms with Gasteiger partial charge in [-0.15, -0.1) is 0 Å². The number of rotatable bonds is 6. The molecule has 0 aromatic carbocycles. The van der Waals surface area contributed by atoms with Crippen LogP contribution in [0, 0.1) is 13.8 Å². The maximum Gasteiger partial charge on any atom is 0.306 e. The van der Waals surface area contributed by atoms with Gasteiger partial charge in [0.1, 0.15) is 0 Å². The average Bonchev–Trinajstić information content (AvgIpc) is 2.65. The van der Waals surface area contributed by atoms with Crippen LogP contribution in [0.1, 0.15) is 24.2 Å². The summed E-state index contributed by atoms with van der Waals surface area (Å²) in [6, 6.07) is 1.99. The molecule has 6 nitrogen and oxygen atoms in total. The van der Waals surface area contributed by atoms with E-state index < -0.39 is 0 Å². The number of nitrogens with one attached hydrogen (secondary N) is 1. The van der Waals surface area contributed by atoms with E-state index in [-0.39, 0.29) is 24.7 Å². The molecule has 0 aliphatic carbocycles. The van der Waals surface area contributed by atoms with Gasteiger partial charge in [0, 0.05) is 18.7 Å². The highest BCUT2D eigenvalue weighted by Crippen LogP contribution is 2.00. The topological polar surface area (TPSA) is 73.2 Å². The zero-order chi connectivity index (χ0) is 13.5. The monoisotopic (exact) mass is 253 g/mol. The molecule has 0 saturated heterocycles. The molecule has 0 aliphatic rings. The molecular formula is C12H19N3O3. The fourth-order valence-electron chi connectivity index (χ4n) is 1.61. The van der Waals surface area contributed by atoms with E-state index in [1.54, 1.807) is 0 Å². The summed E-state index contributed by atoms with van der Waals surface area (Å²) in [5.74, 6) is -0.523. The third kappa shape index (κ3) is 4.57. The number of aromatic nitrogens is 2. The number of hydrogen-bond acceptors (Lipinski definition) is 4. The van der Waals surface area contributed by atoms with Crippen molar-refractivity contribution in [2.45, 2.75) is 33.2 Å². The second-order valence-corrected chi connectivity index (χ2v) is 4.08. The second-order valence-electron chi connectivity index (χ2n) is 4.08. The molecule has 0 aliphatic heterocycles. The van der Waals surface area contributed by atoms with Gasteiger partial charge in [-0.1, -0.05) is 0 Å². The lowest BCUT2D eigenvalue weighted by Crippen LogP contribution is -2.28. The molecule has 0 radical (unpaired) electrons. The molecule has 0 saturated carbocycles. The molecule has 100 valence electrons. The molecule has 1 heterocycles. The number of nitrogens with zero attached hydrogens (tertiary/aromatic N) is 2. The van der Waals surface area contributed by atoms with Gasteiger partial charge in [0.05, 0.1) is 25.8 Å². The molecule has 0 bridgehead atoms. The van der Waals surface area contributed by atoms with Gasteiger partial charge in [0.15, 0.2) is 0 Å². The lowest BCUT2D eigenvalue weighted by molar-refractivity contribution is -0.142. The molecule has 18 heavy (non-hydrogen) atoms. The Kier molecular flexibility index (Phi) is 5.35. The number of amides is 1. The Labute approximate surface area is 106 Å². The lowest BCUT2D eigenvalue weighted by Gasteiger charge is -2.06. The maximum atomic E-state index is 11.4. The fraction of sp³-hybridized carbons (Fsp3) is 0.583. The minimum atomic E-state index is -0.372. The predicted molar refractivity (Wildman–Crippen MR) is 66.0 cm³/mol. The molecular weight excluding hydrogens is 234 g/mol. The van der Waals surface area contributed by atoms with Crippen molar-refractivity contribution in [1.29, 1.82) is 0 Å². The molecule has 1 rings (SSSR count). The van der Waals surface area contributed by atoms with Crippen molar-refractivity contribution in [3.05, 3.63) is 17.5 Å². The van der Waals surface area contributed by atoms with Gasteiger partial charge in [0.2, 0.25) is 5.91 Å². The van der Waals surface area contributed by atoms with Crippen molar-refractivity contribution in [3.63, 3.8) is 0 Å². The van der Waals surface area contributed by atoms with E-state index in [1.807, 2.05) is 24.6 Å². The zero-order valence-corrected chi connectivity index (χ0v) is 11.0. The molecule has 1 aromatic rings. The molecule has 0 fully saturated rings. The van der Waals surface area contributed by atoms with E-state index in [9.17, 15) is 9.59 Å². The van der Waals surface area contributed by atoms with E-state index in [4.69, 9.17) is 0 Å². The lowest BCUT2D eigenvalue weighted by atomic mass is 10.3. The number of ether oxygens (including phenoxy) is 1. The first-order valence-electron chi connectivity index (χ1n) is 5.87. The van der Waals surface area contributed by atoms with E-state index in [1.165, 1.54) is 7.11 Å². The molecule has 1 N–H and O–H groups in total. The molecule has 1 aromatic heterocycles. The predicted octanol–water partition coefficient (Wildman–Crippen LogP) is 0.569. The maximum absolute atomic E-state index is 11.4. The SMILES string of the molecule is COC(=O)CCC(=O)NCCn1nc(C)cc1C. The van der Waals surface area contributed by atoms with E-state index in [0.29, 0.717) is 13.1 Å². The van der Waals surface area contributed by atoms with Crippen LogP contribution in [0.5, 0.6) is 0 Å². The van der Waals surface area contributed by atoms with Crippen LogP contribution in [-0.2, 0) is 20.9 Å². The fourth-order valence-corrected chi connectivity index (χ4v) is 1.61. The summed E-state index contributed by atoms with van der Waals surface area (Å²) in [6.45, 7) is 5.03. The normalized spacial score (nSPS) is 10.2. The van der Waals surface area contributed by atoms with Crippen molar-refractivity contribution in [2.75, 3.05) is 13.7 Å². The van der Waals surface area contributed by atoms with Crippen LogP contribution < -0.4 is 5.32 Å². The first-order valence-corrected chi connectivity index (χ1v) is 5.87. The number of aryl methyl sites for hydroxylation is 2. The Hall–Kier alpha value is -1.85. The summed E-state index contributed by atoms with van der Waals surface area (Å²) in [5.41, 5.74) is 2.03. The van der Waals surface area contributed by atoms with Crippen LogP contribution in [0.3, 0.4) is 0 Å². The quantitative estimate of drug-likeness (QED) is 0.752. The Bertz CT molecular complexity index is 426. The number of carbonyl (C=O) groups is 2. The number of methoxy groups -OCH3 is 1. The molecule has 0 atom stereocenters. The number of hydrogen-bond donors (Lipinski definition) is 1. The highest BCUT2D eigenvalue weighted by Gasteiger charge is 2.06. The summed E-state index contributed by atoms with van der Waals surface area (Å²) in [5, 5.41) is 7.03. The third-order valence-electron chi connectivity index (χ3n) is 2.53. The molecule has 1 amide bonds. The van der Waals surface area contributed by atoms with Crippen molar-refractivity contribution in [3.8, 4) is 0 Å². The number of esters is 1. The van der Waals surface area contributed by atoms with Gasteiger partial charge in [-0.05, 0) is 19.9 Å². The highest BCUT2D eigenvalue weighted by atomic mass is 16.5. The zero-order valence-electron chi connectivity index (χ0n) is 11.0. The minimum absolute atomic E-state index is 0.113. The Balaban J connectivity index is 2.23. The van der Waals surface area contributed by atoms with Crippen molar-refractivity contribution < 1.29 is 14.3 Å². The second kappa shape index (κ2) is 6.78. The Morgan fingerprint density at radius 3 is 2.67 bits per heavy atom. The van der Waals surface area contributed by atoms with Crippen LogP contribution in [0.15, 0.2) is 6.07 Å². The smallest absolute Gasteiger partial charge is 0.306 e. The standard InChI is InChI=1S/C12H19N3O3/c1-9-8-10(2)15(14-9)7-6-13-11(16)4-5-12(17)18-3/h8H,4-7H2,1-3H3,(H,13,16). The van der Waals surface area contributed by atoms with E-state index in [0.717, 1.165) is 11.4 Å². The first-order chi connectivity index (χ1) is 8.52. The largest absolute Gasteiger partial charge is 0.469 e. The summed E-state index contributed by atoms with van der Waals surface area (Å²) < 4.78 is 6.30. The van der Waals surface area contributed by atoms with Gasteiger partial charge >= 0.3 is 5.97 Å². The van der Waals surface area contributed by atoms with Crippen molar-refractivity contribution in [2.24, 2.45) is 0 Å². The van der Waals surface area contributed by atoms with Crippen molar-refractivity contribution in [1.82, 2.24) is 15.1 Å². The summed E-state index contributed by atoms with van der Waals surface area (Å²) >= 11 is 0. The molecule has 6 heteroatoms. The van der Waals surface area contributed by atoms with Crippen LogP contribution in [-0.4, -0.2) is 35.3 Å². The van der Waals surface area contributed by atoms with Crippen molar-refractivity contribution >= 4 is 11.9 Å². The molecule has 0 unspecified atom stereocenters. The van der Waals surface area contributed by atoms with Gasteiger partial charge in [-0.25, -0.2) is 0 Å². The van der Waals surface area contributed by atoms with Gasteiger partial charge < -0.3 is 10.1 Å². The van der Waals surface area contributed by atoms with Gasteiger partial charge in [-0.3, -0.25) is 14.3 Å². The summed E-state index contributed by atoms with van der Waals surface area (Å²) in [4.78, 5) is 22.2. The number of carbonyl (C=O) groups excluding carboxylic acids is 2. The Morgan fingerprint density at radius 2 is 2.11 bits per heavy atom. The minimum Gasteiger partial charge on any atom is -0.469 e. The highest BCUT2D eigenvalue weighted by molar-refractivity contribution is 5.81.